The Morgan fingerprint density at radius 2 is 0.955 bits per heavy atom. The molecule has 0 aliphatic heterocycles. The Balaban J connectivity index is 1.51. The van der Waals surface area contributed by atoms with E-state index in [0.717, 1.165) is 46.6 Å². The first-order chi connectivity index (χ1) is 21.4. The van der Waals surface area contributed by atoms with E-state index in [1.54, 1.807) is 12.4 Å². The van der Waals surface area contributed by atoms with E-state index >= 15 is 0 Å². The minimum absolute atomic E-state index is 0.688. The standard InChI is InChI=1S/C36H58N4O2Si2/c1-7-9-15-27(3)29(5)17-13-25-43-41-33-19-11-23-37-35(33)31-21-22-32(40-39-31)36-34(20-12-24-38-36)42-44-26-14-18-30(6)28(4)16-10-8-2/h11-12,19-24,27-30H,7-10,13-18,25-26,43-44H2,1-6H3. The Morgan fingerprint density at radius 1 is 0.568 bits per heavy atom. The van der Waals surface area contributed by atoms with Crippen molar-refractivity contribution < 1.29 is 8.85 Å². The Labute approximate surface area is 272 Å². The molecule has 0 N–H and O–H groups in total. The van der Waals surface area contributed by atoms with Crippen molar-refractivity contribution in [2.24, 2.45) is 23.7 Å². The van der Waals surface area contributed by atoms with Crippen LogP contribution in [0.1, 0.15) is 106 Å². The normalized spacial score (nSPS) is 14.7. The minimum Gasteiger partial charge on any atom is -0.548 e. The number of pyridine rings is 2. The highest BCUT2D eigenvalue weighted by Crippen LogP contribution is 2.30. The topological polar surface area (TPSA) is 70.0 Å². The summed E-state index contributed by atoms with van der Waals surface area (Å²) in [7, 11) is -1.38. The van der Waals surface area contributed by atoms with Gasteiger partial charge >= 0.3 is 0 Å². The molecule has 3 heterocycles. The van der Waals surface area contributed by atoms with Gasteiger partial charge in [0, 0.05) is 12.4 Å². The van der Waals surface area contributed by atoms with Crippen molar-refractivity contribution in [1.82, 2.24) is 20.2 Å². The highest BCUT2D eigenvalue weighted by atomic mass is 28.2. The molecule has 0 amide bonds. The lowest BCUT2D eigenvalue weighted by atomic mass is 9.88. The van der Waals surface area contributed by atoms with Crippen molar-refractivity contribution in [2.75, 3.05) is 0 Å². The minimum atomic E-state index is -0.688. The monoisotopic (exact) mass is 634 g/mol. The third-order valence-electron chi connectivity index (χ3n) is 9.28. The molecule has 0 aromatic carbocycles. The van der Waals surface area contributed by atoms with Crippen molar-refractivity contribution in [3.8, 4) is 34.3 Å². The first-order valence-corrected chi connectivity index (χ1v) is 20.6. The van der Waals surface area contributed by atoms with Gasteiger partial charge in [-0.25, -0.2) is 0 Å². The number of hydrogen-bond acceptors (Lipinski definition) is 6. The molecule has 44 heavy (non-hydrogen) atoms. The molecule has 0 saturated carbocycles. The van der Waals surface area contributed by atoms with Crippen LogP contribution in [0.2, 0.25) is 12.1 Å². The van der Waals surface area contributed by atoms with Gasteiger partial charge in [-0.3, -0.25) is 9.97 Å². The van der Waals surface area contributed by atoms with Crippen molar-refractivity contribution in [1.29, 1.82) is 0 Å². The molecule has 4 unspecified atom stereocenters. The van der Waals surface area contributed by atoms with Crippen LogP contribution in [0.15, 0.2) is 48.8 Å². The summed E-state index contributed by atoms with van der Waals surface area (Å²) in [4.78, 5) is 9.21. The molecule has 0 radical (unpaired) electrons. The molecule has 0 spiro atoms. The van der Waals surface area contributed by atoms with Crippen LogP contribution >= 0.6 is 0 Å². The van der Waals surface area contributed by atoms with Crippen molar-refractivity contribution in [2.45, 2.75) is 118 Å². The SMILES string of the molecule is CCCCC(C)C(C)CCC[SiH2]Oc1cccnc1-c1ccc(-c2ncccc2O[SiH2]CCCC(C)C(C)CCCC)nn1. The third kappa shape index (κ3) is 12.1. The smallest absolute Gasteiger partial charge is 0.219 e. The van der Waals surface area contributed by atoms with Gasteiger partial charge in [0.2, 0.25) is 19.5 Å². The van der Waals surface area contributed by atoms with Crippen LogP contribution in [0.5, 0.6) is 11.5 Å². The number of unbranched alkanes of at least 4 members (excludes halogenated alkanes) is 2. The third-order valence-corrected chi connectivity index (χ3v) is 11.9. The van der Waals surface area contributed by atoms with E-state index in [0.29, 0.717) is 11.4 Å². The first kappa shape index (κ1) is 35.9. The summed E-state index contributed by atoms with van der Waals surface area (Å²) in [5, 5.41) is 9.09. The fourth-order valence-corrected chi connectivity index (χ4v) is 7.85. The second-order valence-corrected chi connectivity index (χ2v) is 15.7. The fraction of sp³-hybridized carbons (Fsp3) is 0.611. The fourth-order valence-electron chi connectivity index (χ4n) is 5.67. The molecule has 3 aromatic heterocycles. The zero-order valence-electron chi connectivity index (χ0n) is 28.4. The van der Waals surface area contributed by atoms with Gasteiger partial charge in [0.15, 0.2) is 0 Å². The Bertz CT molecular complexity index is 1100. The molecule has 6 nitrogen and oxygen atoms in total. The van der Waals surface area contributed by atoms with Crippen LogP contribution in [0, 0.1) is 23.7 Å². The molecule has 3 rings (SSSR count). The highest BCUT2D eigenvalue weighted by Gasteiger charge is 2.15. The van der Waals surface area contributed by atoms with Gasteiger partial charge < -0.3 is 8.85 Å². The van der Waals surface area contributed by atoms with Crippen LogP contribution in [-0.4, -0.2) is 39.7 Å². The predicted molar refractivity (Wildman–Crippen MR) is 191 cm³/mol. The van der Waals surface area contributed by atoms with Crippen LogP contribution in [-0.2, 0) is 0 Å². The molecular formula is C36H58N4O2Si2. The molecule has 0 fully saturated rings. The van der Waals surface area contributed by atoms with Gasteiger partial charge in [0.25, 0.3) is 0 Å². The number of aromatic nitrogens is 4. The van der Waals surface area contributed by atoms with Crippen LogP contribution in [0.25, 0.3) is 22.8 Å². The molecular weight excluding hydrogens is 577 g/mol. The van der Waals surface area contributed by atoms with Gasteiger partial charge in [-0.15, -0.1) is 10.2 Å². The van der Waals surface area contributed by atoms with Gasteiger partial charge in [0.1, 0.15) is 34.3 Å². The number of rotatable bonds is 22. The zero-order chi connectivity index (χ0) is 31.6. The van der Waals surface area contributed by atoms with Crippen LogP contribution < -0.4 is 8.85 Å². The van der Waals surface area contributed by atoms with Crippen LogP contribution in [0.4, 0.5) is 0 Å². The summed E-state index contributed by atoms with van der Waals surface area (Å²) >= 11 is 0. The summed E-state index contributed by atoms with van der Waals surface area (Å²) in [6, 6.07) is 14.2. The molecule has 0 saturated heterocycles. The summed E-state index contributed by atoms with van der Waals surface area (Å²) < 4.78 is 12.6. The van der Waals surface area contributed by atoms with Crippen molar-refractivity contribution in [3.05, 3.63) is 48.8 Å². The summed E-state index contributed by atoms with van der Waals surface area (Å²) in [5.74, 6) is 4.80. The maximum absolute atomic E-state index is 6.32. The maximum atomic E-state index is 6.32. The predicted octanol–water partition coefficient (Wildman–Crippen LogP) is 8.85. The lowest BCUT2D eigenvalue weighted by molar-refractivity contribution is 0.333. The van der Waals surface area contributed by atoms with Crippen LogP contribution in [0.3, 0.4) is 0 Å². The summed E-state index contributed by atoms with van der Waals surface area (Å²) in [6.45, 7) is 14.2. The van der Waals surface area contributed by atoms with E-state index in [1.807, 2.05) is 36.4 Å². The van der Waals surface area contributed by atoms with E-state index < -0.39 is 19.5 Å². The van der Waals surface area contributed by atoms with Crippen molar-refractivity contribution in [3.63, 3.8) is 0 Å². The Morgan fingerprint density at radius 3 is 1.32 bits per heavy atom. The van der Waals surface area contributed by atoms with Gasteiger partial charge in [0.05, 0.1) is 0 Å². The Hall–Kier alpha value is -2.59. The van der Waals surface area contributed by atoms with E-state index in [2.05, 4.69) is 61.7 Å². The molecule has 242 valence electrons. The molecule has 3 aromatic rings. The Kier molecular flexibility index (Phi) is 16.7. The van der Waals surface area contributed by atoms with E-state index in [9.17, 15) is 0 Å². The van der Waals surface area contributed by atoms with Gasteiger partial charge in [-0.1, -0.05) is 106 Å². The molecule has 0 bridgehead atoms. The average Bonchev–Trinajstić information content (AvgIpc) is 3.06. The summed E-state index contributed by atoms with van der Waals surface area (Å²) in [5.41, 5.74) is 2.94. The molecule has 4 atom stereocenters. The van der Waals surface area contributed by atoms with E-state index in [1.165, 1.54) is 76.3 Å². The van der Waals surface area contributed by atoms with Gasteiger partial charge in [-0.2, -0.15) is 0 Å². The lowest BCUT2D eigenvalue weighted by Gasteiger charge is -2.19. The molecule has 0 aliphatic rings. The average molecular weight is 635 g/mol. The lowest BCUT2D eigenvalue weighted by Crippen LogP contribution is -2.10. The van der Waals surface area contributed by atoms with E-state index in [4.69, 9.17) is 8.85 Å². The molecule has 0 aliphatic carbocycles. The zero-order valence-corrected chi connectivity index (χ0v) is 31.3. The van der Waals surface area contributed by atoms with Gasteiger partial charge in [-0.05, 0) is 72.2 Å². The largest absolute Gasteiger partial charge is 0.548 e. The number of hydrogen-bond donors (Lipinski definition) is 0. The summed E-state index contributed by atoms with van der Waals surface area (Å²) in [6.07, 6.45) is 16.6. The highest BCUT2D eigenvalue weighted by molar-refractivity contribution is 6.28. The maximum Gasteiger partial charge on any atom is 0.219 e. The second-order valence-electron chi connectivity index (χ2n) is 12.9. The van der Waals surface area contributed by atoms with E-state index in [-0.39, 0.29) is 0 Å². The first-order valence-electron chi connectivity index (χ1n) is 17.4. The molecule has 8 heteroatoms. The number of nitrogens with zero attached hydrogens (tertiary/aromatic N) is 4. The quantitative estimate of drug-likeness (QED) is 0.0812. The second kappa shape index (κ2) is 20.4. The van der Waals surface area contributed by atoms with Crippen molar-refractivity contribution >= 4 is 19.5 Å².